The van der Waals surface area contributed by atoms with Crippen LogP contribution in [0.2, 0.25) is 0 Å². The molecule has 0 radical (unpaired) electrons. The Hall–Kier alpha value is -3.15. The van der Waals surface area contributed by atoms with Crippen molar-refractivity contribution in [3.63, 3.8) is 0 Å². The molecule has 0 aliphatic carbocycles. The van der Waals surface area contributed by atoms with Crippen molar-refractivity contribution in [3.8, 4) is 5.69 Å². The maximum absolute atomic E-state index is 12.1. The average Bonchev–Trinajstić information content (AvgIpc) is 3.19. The molecule has 2 aromatic heterocycles. The molecule has 3 aromatic rings. The molecule has 0 aliphatic heterocycles. The largest absolute Gasteiger partial charge is 0.346 e. The van der Waals surface area contributed by atoms with Gasteiger partial charge in [0.05, 0.1) is 24.1 Å². The summed E-state index contributed by atoms with van der Waals surface area (Å²) in [4.78, 5) is 12.1. The maximum atomic E-state index is 12.1. The number of nitrogens with one attached hydrogen (secondary N) is 1. The normalized spacial score (nSPS) is 12.4. The van der Waals surface area contributed by atoms with Crippen molar-refractivity contribution in [2.45, 2.75) is 19.9 Å². The van der Waals surface area contributed by atoms with Crippen LogP contribution in [-0.4, -0.2) is 25.5 Å². The van der Waals surface area contributed by atoms with E-state index in [1.54, 1.807) is 23.2 Å². The van der Waals surface area contributed by atoms with E-state index in [-0.39, 0.29) is 11.9 Å². The smallest absolute Gasteiger partial charge is 0.244 e. The predicted octanol–water partition coefficient (Wildman–Crippen LogP) is 2.80. The molecule has 0 spiro atoms. The summed E-state index contributed by atoms with van der Waals surface area (Å²) in [6, 6.07) is 9.80. The summed E-state index contributed by atoms with van der Waals surface area (Å²) in [6.45, 7) is 3.96. The summed E-state index contributed by atoms with van der Waals surface area (Å²) < 4.78 is 3.57. The van der Waals surface area contributed by atoms with Crippen LogP contribution in [0.1, 0.15) is 29.8 Å². The highest BCUT2D eigenvalue weighted by Gasteiger charge is 2.15. The first-order valence-corrected chi connectivity index (χ1v) is 8.12. The Bertz CT molecular complexity index is 892. The Kier molecular flexibility index (Phi) is 4.79. The molecule has 1 amide bonds. The zero-order valence-electron chi connectivity index (χ0n) is 14.5. The van der Waals surface area contributed by atoms with Gasteiger partial charge in [-0.2, -0.15) is 10.2 Å². The van der Waals surface area contributed by atoms with Crippen LogP contribution in [0, 0.1) is 6.92 Å². The number of aryl methyl sites for hydroxylation is 1. The minimum atomic E-state index is -0.150. The van der Waals surface area contributed by atoms with Crippen LogP contribution >= 0.6 is 0 Å². The van der Waals surface area contributed by atoms with E-state index >= 15 is 0 Å². The van der Waals surface area contributed by atoms with Crippen molar-refractivity contribution < 1.29 is 4.79 Å². The van der Waals surface area contributed by atoms with E-state index in [4.69, 9.17) is 0 Å². The zero-order valence-corrected chi connectivity index (χ0v) is 14.5. The van der Waals surface area contributed by atoms with Gasteiger partial charge in [-0.15, -0.1) is 0 Å². The lowest BCUT2D eigenvalue weighted by Crippen LogP contribution is -2.25. The molecule has 0 fully saturated rings. The van der Waals surface area contributed by atoms with Gasteiger partial charge in [0.25, 0.3) is 0 Å². The summed E-state index contributed by atoms with van der Waals surface area (Å²) >= 11 is 0. The fourth-order valence-corrected chi connectivity index (χ4v) is 2.71. The molecule has 0 bridgehead atoms. The van der Waals surface area contributed by atoms with Crippen LogP contribution in [-0.2, 0) is 11.8 Å². The summed E-state index contributed by atoms with van der Waals surface area (Å²) in [5.74, 6) is -0.150. The molecule has 0 aliphatic rings. The predicted molar refractivity (Wildman–Crippen MR) is 97.1 cm³/mol. The average molecular weight is 335 g/mol. The third-order valence-corrected chi connectivity index (χ3v) is 4.03. The zero-order chi connectivity index (χ0) is 17.8. The Morgan fingerprint density at radius 2 is 1.96 bits per heavy atom. The third-order valence-electron chi connectivity index (χ3n) is 4.03. The van der Waals surface area contributed by atoms with Gasteiger partial charge in [-0.3, -0.25) is 9.48 Å². The van der Waals surface area contributed by atoms with Crippen LogP contribution in [0.4, 0.5) is 0 Å². The van der Waals surface area contributed by atoms with Crippen molar-refractivity contribution in [2.24, 2.45) is 7.05 Å². The maximum Gasteiger partial charge on any atom is 0.244 e. The van der Waals surface area contributed by atoms with Crippen molar-refractivity contribution in [3.05, 3.63) is 71.8 Å². The lowest BCUT2D eigenvalue weighted by Gasteiger charge is -2.12. The topological polar surface area (TPSA) is 64.7 Å². The Labute approximate surface area is 146 Å². The third kappa shape index (κ3) is 3.85. The monoisotopic (exact) mass is 335 g/mol. The van der Waals surface area contributed by atoms with Crippen LogP contribution in [0.3, 0.4) is 0 Å². The summed E-state index contributed by atoms with van der Waals surface area (Å²) in [5, 5.41) is 11.5. The Balaban J connectivity index is 1.69. The number of benzene rings is 1. The summed E-state index contributed by atoms with van der Waals surface area (Å²) in [7, 11) is 1.84. The number of nitrogens with zero attached hydrogens (tertiary/aromatic N) is 4. The molecule has 0 saturated carbocycles. The van der Waals surface area contributed by atoms with E-state index in [2.05, 4.69) is 15.5 Å². The molecule has 1 atom stereocenters. The van der Waals surface area contributed by atoms with Gasteiger partial charge in [0.15, 0.2) is 0 Å². The number of para-hydroxylation sites is 1. The van der Waals surface area contributed by atoms with E-state index in [0.717, 1.165) is 22.5 Å². The van der Waals surface area contributed by atoms with E-state index in [1.165, 1.54) is 6.08 Å². The first-order chi connectivity index (χ1) is 12.0. The number of rotatable bonds is 5. The SMILES string of the molecule is Cc1c([C@H](C)NC(=O)/C=C/c2cnn(C)c2)cnn1-c1ccccc1. The summed E-state index contributed by atoms with van der Waals surface area (Å²) in [5.41, 5.74) is 3.89. The van der Waals surface area contributed by atoms with Gasteiger partial charge in [-0.25, -0.2) is 4.68 Å². The fourth-order valence-electron chi connectivity index (χ4n) is 2.71. The van der Waals surface area contributed by atoms with Crippen LogP contribution in [0.5, 0.6) is 0 Å². The van der Waals surface area contributed by atoms with Crippen LogP contribution in [0.25, 0.3) is 11.8 Å². The van der Waals surface area contributed by atoms with Crippen molar-refractivity contribution in [2.75, 3.05) is 0 Å². The van der Waals surface area contributed by atoms with Gasteiger partial charge in [-0.05, 0) is 32.1 Å². The van der Waals surface area contributed by atoms with Crippen LogP contribution < -0.4 is 5.32 Å². The van der Waals surface area contributed by atoms with Gasteiger partial charge in [0, 0.05) is 36.1 Å². The highest BCUT2D eigenvalue weighted by molar-refractivity contribution is 5.91. The van der Waals surface area contributed by atoms with E-state index in [9.17, 15) is 4.79 Å². The molecule has 2 heterocycles. The van der Waals surface area contributed by atoms with Gasteiger partial charge < -0.3 is 5.32 Å². The fraction of sp³-hybridized carbons (Fsp3) is 0.211. The first kappa shape index (κ1) is 16.7. The number of amides is 1. The number of hydrogen-bond donors (Lipinski definition) is 1. The van der Waals surface area contributed by atoms with Crippen molar-refractivity contribution in [1.29, 1.82) is 0 Å². The lowest BCUT2D eigenvalue weighted by molar-refractivity contribution is -0.117. The highest BCUT2D eigenvalue weighted by atomic mass is 16.1. The highest BCUT2D eigenvalue weighted by Crippen LogP contribution is 2.20. The molecular formula is C19H21N5O. The van der Waals surface area contributed by atoms with Gasteiger partial charge in [-0.1, -0.05) is 18.2 Å². The van der Waals surface area contributed by atoms with E-state index < -0.39 is 0 Å². The molecule has 3 rings (SSSR count). The molecule has 1 N–H and O–H groups in total. The Morgan fingerprint density at radius 3 is 2.64 bits per heavy atom. The lowest BCUT2D eigenvalue weighted by atomic mass is 10.1. The van der Waals surface area contributed by atoms with Crippen molar-refractivity contribution >= 4 is 12.0 Å². The first-order valence-electron chi connectivity index (χ1n) is 8.12. The Morgan fingerprint density at radius 1 is 1.20 bits per heavy atom. The quantitative estimate of drug-likeness (QED) is 0.729. The number of carbonyl (C=O) groups excluding carboxylic acids is 1. The number of carbonyl (C=O) groups is 1. The van der Waals surface area contributed by atoms with Crippen LogP contribution in [0.15, 0.2) is 55.0 Å². The molecule has 6 heteroatoms. The molecule has 25 heavy (non-hydrogen) atoms. The van der Waals surface area contributed by atoms with Gasteiger partial charge in [0.1, 0.15) is 0 Å². The molecule has 0 saturated heterocycles. The molecule has 0 unspecified atom stereocenters. The van der Waals surface area contributed by atoms with E-state index in [0.29, 0.717) is 0 Å². The van der Waals surface area contributed by atoms with Gasteiger partial charge in [0.2, 0.25) is 5.91 Å². The molecule has 1 aromatic carbocycles. The molecular weight excluding hydrogens is 314 g/mol. The summed E-state index contributed by atoms with van der Waals surface area (Å²) in [6.07, 6.45) is 8.63. The van der Waals surface area contributed by atoms with Crippen molar-refractivity contribution in [1.82, 2.24) is 24.9 Å². The number of aromatic nitrogens is 4. The second-order valence-electron chi connectivity index (χ2n) is 5.94. The number of hydrogen-bond acceptors (Lipinski definition) is 3. The second-order valence-corrected chi connectivity index (χ2v) is 5.94. The second kappa shape index (κ2) is 7.17. The molecule has 6 nitrogen and oxygen atoms in total. The minimum Gasteiger partial charge on any atom is -0.346 e. The standard InChI is InChI=1S/C19H21N5O/c1-14(22-19(25)10-9-16-11-20-23(3)13-16)18-12-21-24(15(18)2)17-7-5-4-6-8-17/h4-14H,1-3H3,(H,22,25)/b10-9+/t14-/m0/s1. The minimum absolute atomic E-state index is 0.136. The molecule has 128 valence electrons. The van der Waals surface area contributed by atoms with E-state index in [1.807, 2.05) is 62.1 Å². The van der Waals surface area contributed by atoms with Gasteiger partial charge >= 0.3 is 0 Å².